The lowest BCUT2D eigenvalue weighted by Crippen LogP contribution is -2.54. The smallest absolute Gasteiger partial charge is 0.408 e. The van der Waals surface area contributed by atoms with Crippen molar-refractivity contribution in [3.63, 3.8) is 0 Å². The van der Waals surface area contributed by atoms with E-state index in [1.165, 1.54) is 11.0 Å². The van der Waals surface area contributed by atoms with Crippen molar-refractivity contribution in [3.05, 3.63) is 29.3 Å². The third-order valence-electron chi connectivity index (χ3n) is 7.50. The van der Waals surface area contributed by atoms with Gasteiger partial charge in [0.05, 0.1) is 0 Å². The molecule has 4 amide bonds. The van der Waals surface area contributed by atoms with Crippen molar-refractivity contribution in [2.45, 2.75) is 135 Å². The van der Waals surface area contributed by atoms with Crippen molar-refractivity contribution >= 4 is 23.8 Å². The molecule has 236 valence electrons. The van der Waals surface area contributed by atoms with Crippen molar-refractivity contribution in [1.82, 2.24) is 15.5 Å². The first-order valence-electron chi connectivity index (χ1n) is 15.5. The minimum atomic E-state index is -1.13. The molecule has 1 aromatic carbocycles. The van der Waals surface area contributed by atoms with Gasteiger partial charge in [0.2, 0.25) is 17.7 Å². The Kier molecular flexibility index (Phi) is 14.1. The number of aromatic hydroxyl groups is 1. The Morgan fingerprint density at radius 3 is 2.33 bits per heavy atom. The first-order valence-corrected chi connectivity index (χ1v) is 15.5. The van der Waals surface area contributed by atoms with Gasteiger partial charge in [-0.3, -0.25) is 14.4 Å². The standard InChI is InChI=1S/C32H52N4O6/c1-6-7-8-9-13-20-36(30(40)25(17-19-27(33)38)35-31(41)42-32(3,4)5)28(23-16-18-26(37)22(2)21-23)29(39)34-24-14-11-10-12-15-24/h16,18,21,24-25,28,37H,6-15,17,19-20H2,1-5H3,(H2,33,38)(H,34,39)(H,35,41). The Morgan fingerprint density at radius 1 is 1.07 bits per heavy atom. The molecular formula is C32H52N4O6. The molecule has 0 aliphatic heterocycles. The number of carbonyl (C=O) groups is 4. The molecular weight excluding hydrogens is 536 g/mol. The number of hydrogen-bond acceptors (Lipinski definition) is 6. The van der Waals surface area contributed by atoms with Crippen LogP contribution in [0.1, 0.15) is 122 Å². The van der Waals surface area contributed by atoms with Gasteiger partial charge < -0.3 is 31.1 Å². The highest BCUT2D eigenvalue weighted by molar-refractivity contribution is 5.92. The van der Waals surface area contributed by atoms with E-state index in [1.807, 2.05) is 0 Å². The summed E-state index contributed by atoms with van der Waals surface area (Å²) in [4.78, 5) is 54.3. The highest BCUT2D eigenvalue weighted by Gasteiger charge is 2.37. The number of unbranched alkanes of at least 4 members (excludes halogenated alkanes) is 4. The van der Waals surface area contributed by atoms with Gasteiger partial charge in [-0.05, 0) is 76.6 Å². The van der Waals surface area contributed by atoms with E-state index in [0.717, 1.165) is 57.8 Å². The summed E-state index contributed by atoms with van der Waals surface area (Å²) in [5, 5.41) is 16.0. The lowest BCUT2D eigenvalue weighted by Gasteiger charge is -2.36. The van der Waals surface area contributed by atoms with Gasteiger partial charge in [0.25, 0.3) is 0 Å². The predicted octanol–water partition coefficient (Wildman–Crippen LogP) is 5.15. The van der Waals surface area contributed by atoms with Crippen LogP contribution in [0.5, 0.6) is 5.75 Å². The molecule has 1 fully saturated rings. The number of amides is 4. The summed E-state index contributed by atoms with van der Waals surface area (Å²) in [6.07, 6.45) is 8.64. The van der Waals surface area contributed by atoms with E-state index in [-0.39, 0.29) is 37.1 Å². The number of rotatable bonds is 15. The number of carbonyl (C=O) groups excluding carboxylic acids is 4. The Labute approximate surface area is 251 Å². The minimum Gasteiger partial charge on any atom is -0.508 e. The fourth-order valence-corrected chi connectivity index (χ4v) is 5.29. The zero-order valence-electron chi connectivity index (χ0n) is 26.2. The number of ether oxygens (including phenoxy) is 1. The number of alkyl carbamates (subject to hydrolysis) is 1. The molecule has 0 spiro atoms. The SMILES string of the molecule is CCCCCCCN(C(=O)C(CCC(N)=O)NC(=O)OC(C)(C)C)C(C(=O)NC1CCCCC1)c1ccc(O)c(C)c1. The van der Waals surface area contributed by atoms with Gasteiger partial charge in [-0.15, -0.1) is 0 Å². The molecule has 1 aromatic rings. The van der Waals surface area contributed by atoms with E-state index >= 15 is 0 Å². The minimum absolute atomic E-state index is 0.0130. The maximum Gasteiger partial charge on any atom is 0.408 e. The monoisotopic (exact) mass is 588 g/mol. The van der Waals surface area contributed by atoms with Crippen LogP contribution < -0.4 is 16.4 Å². The molecule has 42 heavy (non-hydrogen) atoms. The van der Waals surface area contributed by atoms with Gasteiger partial charge in [-0.2, -0.15) is 0 Å². The van der Waals surface area contributed by atoms with E-state index in [9.17, 15) is 24.3 Å². The molecule has 0 heterocycles. The Morgan fingerprint density at radius 2 is 1.74 bits per heavy atom. The number of hydrogen-bond donors (Lipinski definition) is 4. The predicted molar refractivity (Wildman–Crippen MR) is 163 cm³/mol. The number of phenolic OH excluding ortho intramolecular Hbond substituents is 1. The van der Waals surface area contributed by atoms with Crippen LogP contribution in [0.15, 0.2) is 18.2 Å². The van der Waals surface area contributed by atoms with Gasteiger partial charge in [-0.25, -0.2) is 4.79 Å². The van der Waals surface area contributed by atoms with E-state index < -0.39 is 35.6 Å². The first-order chi connectivity index (χ1) is 19.8. The van der Waals surface area contributed by atoms with E-state index in [4.69, 9.17) is 10.5 Å². The number of nitrogens with zero attached hydrogens (tertiary/aromatic N) is 1. The lowest BCUT2D eigenvalue weighted by atomic mass is 9.94. The number of nitrogens with one attached hydrogen (secondary N) is 2. The molecule has 2 unspecified atom stereocenters. The van der Waals surface area contributed by atoms with Crippen LogP contribution in [-0.2, 0) is 19.1 Å². The summed E-state index contributed by atoms with van der Waals surface area (Å²) in [5.74, 6) is -1.31. The average molecular weight is 589 g/mol. The normalized spacial score (nSPS) is 15.4. The van der Waals surface area contributed by atoms with Crippen LogP contribution in [0.4, 0.5) is 4.79 Å². The molecule has 1 aliphatic carbocycles. The van der Waals surface area contributed by atoms with Gasteiger partial charge in [0, 0.05) is 19.0 Å². The van der Waals surface area contributed by atoms with Gasteiger partial charge in [0.15, 0.2) is 0 Å². The van der Waals surface area contributed by atoms with Crippen molar-refractivity contribution in [1.29, 1.82) is 0 Å². The lowest BCUT2D eigenvalue weighted by molar-refractivity contribution is -0.143. The summed E-state index contributed by atoms with van der Waals surface area (Å²) in [6, 6.07) is 2.78. The maximum atomic E-state index is 14.3. The van der Waals surface area contributed by atoms with E-state index in [1.54, 1.807) is 39.8 Å². The summed E-state index contributed by atoms with van der Waals surface area (Å²) in [7, 11) is 0. The molecule has 0 saturated heterocycles. The number of primary amides is 1. The second kappa shape index (κ2) is 17.0. The molecule has 1 aliphatic rings. The van der Waals surface area contributed by atoms with E-state index in [0.29, 0.717) is 17.5 Å². The van der Waals surface area contributed by atoms with Crippen LogP contribution in [0.25, 0.3) is 0 Å². The molecule has 5 N–H and O–H groups in total. The second-order valence-corrected chi connectivity index (χ2v) is 12.4. The second-order valence-electron chi connectivity index (χ2n) is 12.4. The molecule has 10 nitrogen and oxygen atoms in total. The quantitative estimate of drug-likeness (QED) is 0.208. The molecule has 2 atom stereocenters. The first kappa shape index (κ1) is 34.9. The molecule has 10 heteroatoms. The highest BCUT2D eigenvalue weighted by atomic mass is 16.6. The summed E-state index contributed by atoms with van der Waals surface area (Å²) in [6.45, 7) is 9.29. The molecule has 1 saturated carbocycles. The van der Waals surface area contributed by atoms with Crippen LogP contribution in [0.2, 0.25) is 0 Å². The highest BCUT2D eigenvalue weighted by Crippen LogP contribution is 2.29. The van der Waals surface area contributed by atoms with E-state index in [2.05, 4.69) is 17.6 Å². The Hall–Kier alpha value is -3.30. The summed E-state index contributed by atoms with van der Waals surface area (Å²) < 4.78 is 5.41. The van der Waals surface area contributed by atoms with Crippen LogP contribution in [0, 0.1) is 6.92 Å². The third-order valence-corrected chi connectivity index (χ3v) is 7.50. The van der Waals surface area contributed by atoms with Crippen molar-refractivity contribution < 1.29 is 29.0 Å². The van der Waals surface area contributed by atoms with Gasteiger partial charge in [-0.1, -0.05) is 57.9 Å². The number of aryl methyl sites for hydroxylation is 1. The fourth-order valence-electron chi connectivity index (χ4n) is 5.29. The maximum absolute atomic E-state index is 14.3. The topological polar surface area (TPSA) is 151 Å². The zero-order chi connectivity index (χ0) is 31.3. The molecule has 2 rings (SSSR count). The average Bonchev–Trinajstić information content (AvgIpc) is 2.91. The van der Waals surface area contributed by atoms with Gasteiger partial charge in [0.1, 0.15) is 23.4 Å². The number of benzene rings is 1. The Bertz CT molecular complexity index is 1050. The number of nitrogens with two attached hydrogens (primary N) is 1. The van der Waals surface area contributed by atoms with Crippen molar-refractivity contribution in [2.24, 2.45) is 5.73 Å². The van der Waals surface area contributed by atoms with Crippen molar-refractivity contribution in [3.8, 4) is 5.75 Å². The molecule has 0 aromatic heterocycles. The molecule has 0 radical (unpaired) electrons. The fraction of sp³-hybridized carbons (Fsp3) is 0.688. The zero-order valence-corrected chi connectivity index (χ0v) is 26.2. The van der Waals surface area contributed by atoms with Crippen LogP contribution in [-0.4, -0.2) is 58.1 Å². The Balaban J connectivity index is 2.50. The largest absolute Gasteiger partial charge is 0.508 e. The third kappa shape index (κ3) is 11.9. The molecule has 0 bridgehead atoms. The van der Waals surface area contributed by atoms with Crippen LogP contribution in [0.3, 0.4) is 0 Å². The van der Waals surface area contributed by atoms with Crippen LogP contribution >= 0.6 is 0 Å². The number of phenols is 1. The summed E-state index contributed by atoms with van der Waals surface area (Å²) >= 11 is 0. The van der Waals surface area contributed by atoms with Gasteiger partial charge >= 0.3 is 6.09 Å². The summed E-state index contributed by atoms with van der Waals surface area (Å²) in [5.41, 5.74) is 5.76. The van der Waals surface area contributed by atoms with Crippen molar-refractivity contribution in [2.75, 3.05) is 6.54 Å².